The van der Waals surface area contributed by atoms with Gasteiger partial charge in [0.2, 0.25) is 0 Å². The molecule has 0 aliphatic carbocycles. The van der Waals surface area contributed by atoms with Crippen molar-refractivity contribution in [1.29, 1.82) is 0 Å². The normalized spacial score (nSPS) is 20.5. The van der Waals surface area contributed by atoms with Gasteiger partial charge >= 0.3 is 0 Å². The van der Waals surface area contributed by atoms with Crippen molar-refractivity contribution in [3.05, 3.63) is 65.5 Å². The summed E-state index contributed by atoms with van der Waals surface area (Å²) in [5.74, 6) is 0.411. The second kappa shape index (κ2) is 6.36. The third-order valence-electron chi connectivity index (χ3n) is 5.88. The lowest BCUT2D eigenvalue weighted by atomic mass is 9.84. The molecule has 1 atom stereocenters. The highest BCUT2D eigenvalue weighted by Gasteiger charge is 2.26. The molecular formula is C22H24N4. The van der Waals surface area contributed by atoms with E-state index in [1.165, 1.54) is 53.7 Å². The van der Waals surface area contributed by atoms with Crippen LogP contribution in [-0.4, -0.2) is 41.8 Å². The lowest BCUT2D eigenvalue weighted by molar-refractivity contribution is 0.295. The first-order valence-electron chi connectivity index (χ1n) is 9.54. The highest BCUT2D eigenvalue weighted by Crippen LogP contribution is 2.36. The first-order valence-corrected chi connectivity index (χ1v) is 9.54. The summed E-state index contributed by atoms with van der Waals surface area (Å²) in [7, 11) is 2.23. The molecule has 132 valence electrons. The van der Waals surface area contributed by atoms with Crippen LogP contribution in [0.5, 0.6) is 0 Å². The highest BCUT2D eigenvalue weighted by atomic mass is 15.1. The van der Waals surface area contributed by atoms with Crippen molar-refractivity contribution in [2.75, 3.05) is 31.6 Å². The van der Waals surface area contributed by atoms with Crippen LogP contribution in [0.15, 0.2) is 48.8 Å². The summed E-state index contributed by atoms with van der Waals surface area (Å²) in [4.78, 5) is 4.97. The molecule has 2 aliphatic rings. The number of hydrogen-bond acceptors (Lipinski definition) is 4. The molecular weight excluding hydrogens is 320 g/mol. The second-order valence-corrected chi connectivity index (χ2v) is 7.70. The van der Waals surface area contributed by atoms with Crippen molar-refractivity contribution in [2.45, 2.75) is 25.3 Å². The minimum absolute atomic E-state index is 0.411. The molecule has 2 aliphatic heterocycles. The number of benzene rings is 2. The molecule has 0 amide bonds. The molecule has 4 nitrogen and oxygen atoms in total. The van der Waals surface area contributed by atoms with Gasteiger partial charge in [0.05, 0.1) is 12.4 Å². The van der Waals surface area contributed by atoms with Crippen LogP contribution in [0.4, 0.5) is 5.69 Å². The largest absolute Gasteiger partial charge is 0.372 e. The van der Waals surface area contributed by atoms with Gasteiger partial charge in [0.1, 0.15) is 0 Å². The van der Waals surface area contributed by atoms with E-state index >= 15 is 0 Å². The summed E-state index contributed by atoms with van der Waals surface area (Å²) in [6.07, 6.45) is 6.34. The Kier molecular flexibility index (Phi) is 3.86. The van der Waals surface area contributed by atoms with E-state index in [2.05, 4.69) is 63.4 Å². The summed E-state index contributed by atoms with van der Waals surface area (Å²) < 4.78 is 0. The molecule has 0 saturated carbocycles. The number of aromatic nitrogens is 2. The van der Waals surface area contributed by atoms with E-state index in [0.29, 0.717) is 5.92 Å². The summed E-state index contributed by atoms with van der Waals surface area (Å²) in [5, 5.41) is 10.4. The van der Waals surface area contributed by atoms with Gasteiger partial charge in [-0.15, -0.1) is 0 Å². The van der Waals surface area contributed by atoms with Gasteiger partial charge in [0, 0.05) is 48.6 Å². The molecule has 0 spiro atoms. The molecule has 1 saturated heterocycles. The Labute approximate surface area is 154 Å². The molecule has 3 heterocycles. The number of likely N-dealkylation sites (N-methyl/N-ethyl adjacent to an activating group) is 1. The molecule has 1 fully saturated rings. The average Bonchev–Trinajstić information content (AvgIpc) is 3.21. The first kappa shape index (κ1) is 15.8. The standard InChI is InChI=1S/C22H24N4/c1-25-14-19-11-20(26-8-2-3-9-26)6-7-21(19)22(15-25)16-4-5-17-12-23-24-13-18(17)10-16/h4-7,10-13,22H,2-3,8-9,14-15H2,1H3. The molecule has 2 aromatic carbocycles. The number of anilines is 1. The van der Waals surface area contributed by atoms with E-state index in [1.807, 2.05) is 12.4 Å². The van der Waals surface area contributed by atoms with Crippen LogP contribution >= 0.6 is 0 Å². The lowest BCUT2D eigenvalue weighted by Crippen LogP contribution is -2.31. The minimum Gasteiger partial charge on any atom is -0.372 e. The van der Waals surface area contributed by atoms with E-state index in [1.54, 1.807) is 0 Å². The number of hydrogen-bond donors (Lipinski definition) is 0. The van der Waals surface area contributed by atoms with Gasteiger partial charge in [-0.1, -0.05) is 18.2 Å². The monoisotopic (exact) mass is 344 g/mol. The molecule has 0 radical (unpaired) electrons. The van der Waals surface area contributed by atoms with Crippen LogP contribution in [0, 0.1) is 0 Å². The zero-order valence-corrected chi connectivity index (χ0v) is 15.2. The van der Waals surface area contributed by atoms with E-state index in [-0.39, 0.29) is 0 Å². The Morgan fingerprint density at radius 2 is 1.73 bits per heavy atom. The maximum Gasteiger partial charge on any atom is 0.0574 e. The van der Waals surface area contributed by atoms with Gasteiger partial charge in [-0.2, -0.15) is 10.2 Å². The van der Waals surface area contributed by atoms with Gasteiger partial charge in [0.25, 0.3) is 0 Å². The Balaban J connectivity index is 1.55. The Bertz CT molecular complexity index is 946. The molecule has 1 unspecified atom stereocenters. The molecule has 0 bridgehead atoms. The van der Waals surface area contributed by atoms with E-state index in [9.17, 15) is 0 Å². The molecule has 5 rings (SSSR count). The van der Waals surface area contributed by atoms with E-state index in [0.717, 1.165) is 18.5 Å². The summed E-state index contributed by atoms with van der Waals surface area (Å²) in [5.41, 5.74) is 5.71. The van der Waals surface area contributed by atoms with Gasteiger partial charge in [-0.05, 0) is 54.8 Å². The molecule has 0 N–H and O–H groups in total. The van der Waals surface area contributed by atoms with Gasteiger partial charge in [-0.3, -0.25) is 0 Å². The fraction of sp³-hybridized carbons (Fsp3) is 0.364. The Hall–Kier alpha value is -2.46. The SMILES string of the molecule is CN1Cc2cc(N3CCCC3)ccc2C(c2ccc3cnncc3c2)C1. The minimum atomic E-state index is 0.411. The fourth-order valence-electron chi connectivity index (χ4n) is 4.52. The summed E-state index contributed by atoms with van der Waals surface area (Å²) in [6.45, 7) is 4.49. The molecule has 26 heavy (non-hydrogen) atoms. The smallest absolute Gasteiger partial charge is 0.0574 e. The van der Waals surface area contributed by atoms with Crippen LogP contribution in [0.1, 0.15) is 35.4 Å². The van der Waals surface area contributed by atoms with Crippen LogP contribution in [0.25, 0.3) is 10.8 Å². The lowest BCUT2D eigenvalue weighted by Gasteiger charge is -2.34. The van der Waals surface area contributed by atoms with Crippen LogP contribution < -0.4 is 4.90 Å². The molecule has 3 aromatic rings. The highest BCUT2D eigenvalue weighted by molar-refractivity contribution is 5.81. The fourth-order valence-corrected chi connectivity index (χ4v) is 4.52. The third-order valence-corrected chi connectivity index (χ3v) is 5.88. The number of rotatable bonds is 2. The van der Waals surface area contributed by atoms with Crippen molar-refractivity contribution < 1.29 is 0 Å². The predicted octanol–water partition coefficient (Wildman–Crippen LogP) is 3.81. The van der Waals surface area contributed by atoms with Crippen molar-refractivity contribution in [3.8, 4) is 0 Å². The second-order valence-electron chi connectivity index (χ2n) is 7.70. The average molecular weight is 344 g/mol. The maximum atomic E-state index is 4.05. The topological polar surface area (TPSA) is 32.3 Å². The summed E-state index contributed by atoms with van der Waals surface area (Å²) in [6, 6.07) is 13.8. The summed E-state index contributed by atoms with van der Waals surface area (Å²) >= 11 is 0. The van der Waals surface area contributed by atoms with Gasteiger partial charge < -0.3 is 9.80 Å². The van der Waals surface area contributed by atoms with Crippen molar-refractivity contribution in [1.82, 2.24) is 15.1 Å². The van der Waals surface area contributed by atoms with Crippen LogP contribution in [0.2, 0.25) is 0 Å². The predicted molar refractivity (Wildman–Crippen MR) is 106 cm³/mol. The zero-order valence-electron chi connectivity index (χ0n) is 15.2. The first-order chi connectivity index (χ1) is 12.8. The van der Waals surface area contributed by atoms with E-state index in [4.69, 9.17) is 0 Å². The van der Waals surface area contributed by atoms with Crippen molar-refractivity contribution in [2.24, 2.45) is 0 Å². The molecule has 4 heteroatoms. The van der Waals surface area contributed by atoms with Gasteiger partial charge in [0.15, 0.2) is 0 Å². The number of nitrogens with zero attached hydrogens (tertiary/aromatic N) is 4. The Morgan fingerprint density at radius 3 is 2.58 bits per heavy atom. The van der Waals surface area contributed by atoms with Crippen LogP contribution in [-0.2, 0) is 6.54 Å². The number of fused-ring (bicyclic) bond motifs is 2. The van der Waals surface area contributed by atoms with Crippen molar-refractivity contribution in [3.63, 3.8) is 0 Å². The maximum absolute atomic E-state index is 4.05. The third kappa shape index (κ3) is 2.74. The van der Waals surface area contributed by atoms with E-state index < -0.39 is 0 Å². The van der Waals surface area contributed by atoms with Crippen LogP contribution in [0.3, 0.4) is 0 Å². The molecule has 1 aromatic heterocycles. The van der Waals surface area contributed by atoms with Crippen molar-refractivity contribution >= 4 is 16.5 Å². The van der Waals surface area contributed by atoms with Gasteiger partial charge in [-0.25, -0.2) is 0 Å². The Morgan fingerprint density at radius 1 is 0.923 bits per heavy atom. The zero-order chi connectivity index (χ0) is 17.5. The quantitative estimate of drug-likeness (QED) is 0.708.